The topological polar surface area (TPSA) is 65.6 Å². The average molecular weight is 435 g/mol. The van der Waals surface area contributed by atoms with Crippen molar-refractivity contribution >= 4 is 39.2 Å². The van der Waals surface area contributed by atoms with Crippen LogP contribution >= 0.6 is 11.3 Å². The predicted octanol–water partition coefficient (Wildman–Crippen LogP) is 8.41. The SMILES string of the molecule is CCC(C)Cc1cnc(/N=N/c2ccc(/N=N/c3ccc(N(CC)CC)cc3)cc2)s1. The van der Waals surface area contributed by atoms with Crippen molar-refractivity contribution < 1.29 is 0 Å². The molecule has 6 nitrogen and oxygen atoms in total. The van der Waals surface area contributed by atoms with Crippen LogP contribution < -0.4 is 4.90 Å². The van der Waals surface area contributed by atoms with Crippen LogP contribution in [0.4, 0.5) is 27.9 Å². The van der Waals surface area contributed by atoms with E-state index in [4.69, 9.17) is 0 Å². The van der Waals surface area contributed by atoms with Gasteiger partial charge in [-0.2, -0.15) is 10.2 Å². The van der Waals surface area contributed by atoms with Crippen LogP contribution in [0, 0.1) is 5.92 Å². The molecular weight excluding hydrogens is 404 g/mol. The molecule has 1 heterocycles. The summed E-state index contributed by atoms with van der Waals surface area (Å²) in [5.74, 6) is 0.659. The molecular formula is C24H30N6S. The van der Waals surface area contributed by atoms with E-state index in [-0.39, 0.29) is 0 Å². The number of hydrogen-bond donors (Lipinski definition) is 0. The highest BCUT2D eigenvalue weighted by Crippen LogP contribution is 2.27. The van der Waals surface area contributed by atoms with Crippen LogP contribution in [0.15, 0.2) is 75.2 Å². The summed E-state index contributed by atoms with van der Waals surface area (Å²) in [4.78, 5) is 7.90. The summed E-state index contributed by atoms with van der Waals surface area (Å²) >= 11 is 1.60. The highest BCUT2D eigenvalue weighted by atomic mass is 32.1. The largest absolute Gasteiger partial charge is 0.372 e. The lowest BCUT2D eigenvalue weighted by Crippen LogP contribution is -2.21. The molecule has 1 atom stereocenters. The fourth-order valence-electron chi connectivity index (χ4n) is 3.05. The third-order valence-corrected chi connectivity index (χ3v) is 6.05. The quantitative estimate of drug-likeness (QED) is 0.301. The standard InChI is InChI=1S/C24H30N6S/c1-5-18(4)16-23-17-25-24(31-23)29-28-20-10-8-19(9-11-20)26-27-21-12-14-22(15-13-21)30(6-2)7-3/h8-15,17-18H,5-7,16H2,1-4H3/b27-26+,29-28+. The van der Waals surface area contributed by atoms with Crippen LogP contribution in [0.3, 0.4) is 0 Å². The Hall–Kier alpha value is -2.93. The fraction of sp³-hybridized carbons (Fsp3) is 0.375. The van der Waals surface area contributed by atoms with E-state index in [0.717, 1.165) is 36.6 Å². The number of thiazole rings is 1. The summed E-state index contributed by atoms with van der Waals surface area (Å²) in [7, 11) is 0. The summed E-state index contributed by atoms with van der Waals surface area (Å²) in [6.45, 7) is 10.7. The van der Waals surface area contributed by atoms with Crippen molar-refractivity contribution in [3.8, 4) is 0 Å². The first-order valence-electron chi connectivity index (χ1n) is 10.8. The Morgan fingerprint density at radius 3 is 1.84 bits per heavy atom. The highest BCUT2D eigenvalue weighted by Gasteiger charge is 2.05. The van der Waals surface area contributed by atoms with E-state index < -0.39 is 0 Å². The third kappa shape index (κ3) is 6.79. The van der Waals surface area contributed by atoms with Gasteiger partial charge >= 0.3 is 0 Å². The van der Waals surface area contributed by atoms with Gasteiger partial charge in [0.05, 0.1) is 17.1 Å². The normalized spacial score (nSPS) is 12.6. The Bertz CT molecular complexity index is 988. The summed E-state index contributed by atoms with van der Waals surface area (Å²) in [5, 5.41) is 17.9. The predicted molar refractivity (Wildman–Crippen MR) is 130 cm³/mol. The van der Waals surface area contributed by atoms with Gasteiger partial charge in [0.25, 0.3) is 0 Å². The van der Waals surface area contributed by atoms with Crippen molar-refractivity contribution in [2.24, 2.45) is 26.4 Å². The summed E-state index contributed by atoms with van der Waals surface area (Å²) < 4.78 is 0. The van der Waals surface area contributed by atoms with E-state index in [1.165, 1.54) is 17.0 Å². The Morgan fingerprint density at radius 2 is 1.32 bits per heavy atom. The van der Waals surface area contributed by atoms with Gasteiger partial charge in [-0.05, 0) is 74.7 Å². The maximum Gasteiger partial charge on any atom is 0.230 e. The molecule has 0 aliphatic heterocycles. The molecule has 0 radical (unpaired) electrons. The number of rotatable bonds is 10. The number of nitrogens with zero attached hydrogens (tertiary/aromatic N) is 6. The van der Waals surface area contributed by atoms with Gasteiger partial charge in [0, 0.05) is 29.9 Å². The van der Waals surface area contributed by atoms with Gasteiger partial charge in [0.15, 0.2) is 0 Å². The summed E-state index contributed by atoms with van der Waals surface area (Å²) in [6.07, 6.45) is 4.12. The van der Waals surface area contributed by atoms with E-state index in [1.54, 1.807) is 11.3 Å². The molecule has 0 aliphatic carbocycles. The van der Waals surface area contributed by atoms with Crippen LogP contribution in [0.5, 0.6) is 0 Å². The molecule has 0 bridgehead atoms. The number of aromatic nitrogens is 1. The van der Waals surface area contributed by atoms with Crippen LogP contribution in [-0.4, -0.2) is 18.1 Å². The second-order valence-corrected chi connectivity index (χ2v) is 8.53. The number of azo groups is 2. The van der Waals surface area contributed by atoms with Crippen molar-refractivity contribution in [1.82, 2.24) is 4.98 Å². The van der Waals surface area contributed by atoms with Crippen molar-refractivity contribution in [2.75, 3.05) is 18.0 Å². The minimum atomic E-state index is 0.659. The molecule has 0 aliphatic rings. The number of anilines is 1. The van der Waals surface area contributed by atoms with Crippen molar-refractivity contribution in [3.05, 3.63) is 59.6 Å². The smallest absolute Gasteiger partial charge is 0.230 e. The minimum absolute atomic E-state index is 0.659. The molecule has 0 fully saturated rings. The molecule has 31 heavy (non-hydrogen) atoms. The molecule has 162 valence electrons. The van der Waals surface area contributed by atoms with Crippen molar-refractivity contribution in [1.29, 1.82) is 0 Å². The molecule has 3 aromatic rings. The fourth-order valence-corrected chi connectivity index (χ4v) is 3.94. The lowest BCUT2D eigenvalue weighted by atomic mass is 10.1. The number of benzene rings is 2. The second kappa shape index (κ2) is 11.5. The molecule has 0 saturated heterocycles. The first kappa shape index (κ1) is 22.7. The van der Waals surface area contributed by atoms with Crippen LogP contribution in [-0.2, 0) is 6.42 Å². The van der Waals surface area contributed by atoms with Crippen molar-refractivity contribution in [2.45, 2.75) is 40.5 Å². The molecule has 3 rings (SSSR count). The zero-order valence-electron chi connectivity index (χ0n) is 18.7. The molecule has 7 heteroatoms. The van der Waals surface area contributed by atoms with E-state index in [1.807, 2.05) is 42.6 Å². The molecule has 0 N–H and O–H groups in total. The second-order valence-electron chi connectivity index (χ2n) is 7.43. The first-order chi connectivity index (χ1) is 15.1. The van der Waals surface area contributed by atoms with E-state index in [9.17, 15) is 0 Å². The highest BCUT2D eigenvalue weighted by molar-refractivity contribution is 7.15. The maximum absolute atomic E-state index is 4.35. The van der Waals surface area contributed by atoms with Gasteiger partial charge in [0.1, 0.15) is 0 Å². The zero-order chi connectivity index (χ0) is 22.1. The Balaban J connectivity index is 1.58. The molecule has 0 spiro atoms. The van der Waals surface area contributed by atoms with Crippen LogP contribution in [0.1, 0.15) is 39.0 Å². The monoisotopic (exact) mass is 434 g/mol. The Labute approximate surface area is 188 Å². The maximum atomic E-state index is 4.35. The molecule has 0 amide bonds. The lowest BCUT2D eigenvalue weighted by molar-refractivity contribution is 0.564. The van der Waals surface area contributed by atoms with Gasteiger partial charge in [-0.25, -0.2) is 4.98 Å². The van der Waals surface area contributed by atoms with Gasteiger partial charge in [-0.15, -0.1) is 10.2 Å². The third-order valence-electron chi connectivity index (χ3n) is 5.15. The van der Waals surface area contributed by atoms with Crippen LogP contribution in [0.25, 0.3) is 0 Å². The van der Waals surface area contributed by atoms with E-state index >= 15 is 0 Å². The van der Waals surface area contributed by atoms with E-state index in [0.29, 0.717) is 11.0 Å². The zero-order valence-corrected chi connectivity index (χ0v) is 19.5. The summed E-state index contributed by atoms with van der Waals surface area (Å²) in [6, 6.07) is 15.7. The lowest BCUT2D eigenvalue weighted by Gasteiger charge is -2.20. The molecule has 1 aromatic heterocycles. The van der Waals surface area contributed by atoms with Crippen LogP contribution in [0.2, 0.25) is 0 Å². The summed E-state index contributed by atoms with van der Waals surface area (Å²) in [5.41, 5.74) is 3.57. The molecule has 0 saturated carbocycles. The molecule has 1 unspecified atom stereocenters. The van der Waals surface area contributed by atoms with E-state index in [2.05, 4.69) is 70.2 Å². The average Bonchev–Trinajstić information content (AvgIpc) is 3.25. The van der Waals surface area contributed by atoms with Gasteiger partial charge in [-0.1, -0.05) is 31.6 Å². The Morgan fingerprint density at radius 1 is 0.806 bits per heavy atom. The Kier molecular flexibility index (Phi) is 8.41. The minimum Gasteiger partial charge on any atom is -0.372 e. The number of hydrogen-bond acceptors (Lipinski definition) is 7. The van der Waals surface area contributed by atoms with Gasteiger partial charge in [-0.3, -0.25) is 0 Å². The van der Waals surface area contributed by atoms with Crippen molar-refractivity contribution in [3.63, 3.8) is 0 Å². The first-order valence-corrected chi connectivity index (χ1v) is 11.7. The molecule has 2 aromatic carbocycles. The van der Waals surface area contributed by atoms with Gasteiger partial charge in [0.2, 0.25) is 5.13 Å². The van der Waals surface area contributed by atoms with Gasteiger partial charge < -0.3 is 4.90 Å².